The van der Waals surface area contributed by atoms with Crippen molar-refractivity contribution >= 4 is 0 Å². The molecular weight excluding hydrogens is 186 g/mol. The molecule has 2 fully saturated rings. The summed E-state index contributed by atoms with van der Waals surface area (Å²) in [5.74, 6) is 0.934. The largest absolute Gasteiger partial charge is 0.374 e. The maximum atomic E-state index is 5.77. The van der Waals surface area contributed by atoms with E-state index in [4.69, 9.17) is 4.74 Å². The zero-order chi connectivity index (χ0) is 10.6. The zero-order valence-corrected chi connectivity index (χ0v) is 10.1. The Morgan fingerprint density at radius 2 is 2.00 bits per heavy atom. The summed E-state index contributed by atoms with van der Waals surface area (Å²) in [6.07, 6.45) is 9.68. The number of rotatable bonds is 4. The molecule has 1 aliphatic carbocycles. The van der Waals surface area contributed by atoms with Gasteiger partial charge in [-0.2, -0.15) is 0 Å². The molecule has 0 aromatic rings. The van der Waals surface area contributed by atoms with E-state index in [1.807, 2.05) is 0 Å². The van der Waals surface area contributed by atoms with Crippen LogP contribution in [0.2, 0.25) is 0 Å². The van der Waals surface area contributed by atoms with Gasteiger partial charge in [0.1, 0.15) is 0 Å². The minimum absolute atomic E-state index is 0.134. The zero-order valence-electron chi connectivity index (χ0n) is 10.1. The van der Waals surface area contributed by atoms with E-state index in [1.54, 1.807) is 0 Å². The number of ether oxygens (including phenoxy) is 1. The van der Waals surface area contributed by atoms with E-state index >= 15 is 0 Å². The summed E-state index contributed by atoms with van der Waals surface area (Å²) in [6.45, 7) is 5.46. The fourth-order valence-electron chi connectivity index (χ4n) is 2.91. The van der Waals surface area contributed by atoms with Crippen molar-refractivity contribution in [2.75, 3.05) is 19.7 Å². The quantitative estimate of drug-likeness (QED) is 0.772. The Morgan fingerprint density at radius 3 is 2.67 bits per heavy atom. The highest BCUT2D eigenvalue weighted by molar-refractivity contribution is 4.83. The minimum Gasteiger partial charge on any atom is -0.374 e. The first-order valence-electron chi connectivity index (χ1n) is 6.63. The van der Waals surface area contributed by atoms with Gasteiger partial charge in [-0.3, -0.25) is 0 Å². The van der Waals surface area contributed by atoms with Crippen LogP contribution in [0.15, 0.2) is 0 Å². The van der Waals surface area contributed by atoms with E-state index in [0.717, 1.165) is 19.1 Å². The molecule has 0 aromatic carbocycles. The molecular formula is C13H25NO. The van der Waals surface area contributed by atoms with Gasteiger partial charge in [0.15, 0.2) is 0 Å². The van der Waals surface area contributed by atoms with Gasteiger partial charge in [-0.15, -0.1) is 0 Å². The van der Waals surface area contributed by atoms with Crippen LogP contribution >= 0.6 is 0 Å². The molecule has 1 aliphatic heterocycles. The van der Waals surface area contributed by atoms with E-state index < -0.39 is 0 Å². The van der Waals surface area contributed by atoms with Gasteiger partial charge in [-0.25, -0.2) is 0 Å². The van der Waals surface area contributed by atoms with Gasteiger partial charge < -0.3 is 10.1 Å². The van der Waals surface area contributed by atoms with E-state index in [1.165, 1.54) is 51.5 Å². The lowest BCUT2D eigenvalue weighted by molar-refractivity contribution is 0.0200. The number of hydrogen-bond donors (Lipinski definition) is 1. The summed E-state index contributed by atoms with van der Waals surface area (Å²) >= 11 is 0. The molecule has 0 radical (unpaired) electrons. The summed E-state index contributed by atoms with van der Waals surface area (Å²) in [7, 11) is 0. The van der Waals surface area contributed by atoms with E-state index in [-0.39, 0.29) is 5.60 Å². The Hall–Kier alpha value is -0.0800. The van der Waals surface area contributed by atoms with Crippen LogP contribution in [0.1, 0.15) is 51.9 Å². The van der Waals surface area contributed by atoms with Crippen LogP contribution in [-0.2, 0) is 4.74 Å². The molecule has 1 unspecified atom stereocenters. The molecule has 0 spiro atoms. The Kier molecular flexibility index (Phi) is 4.04. The molecule has 1 N–H and O–H groups in total. The lowest BCUT2D eigenvalue weighted by Crippen LogP contribution is -2.39. The van der Waals surface area contributed by atoms with Crippen molar-refractivity contribution in [2.45, 2.75) is 57.5 Å². The van der Waals surface area contributed by atoms with Gasteiger partial charge in [-0.05, 0) is 45.1 Å². The predicted octanol–water partition coefficient (Wildman–Crippen LogP) is 2.73. The standard InChI is InChI=1S/C13H25NO/c1-13(8-5-9-15-13)11-14-10-12-6-3-2-4-7-12/h12,14H,2-11H2,1H3. The first-order chi connectivity index (χ1) is 7.29. The average Bonchev–Trinajstić information content (AvgIpc) is 2.67. The highest BCUT2D eigenvalue weighted by Gasteiger charge is 2.29. The molecule has 1 atom stereocenters. The third kappa shape index (κ3) is 3.46. The van der Waals surface area contributed by atoms with Crippen LogP contribution in [0.3, 0.4) is 0 Å². The molecule has 2 heteroatoms. The summed E-state index contributed by atoms with van der Waals surface area (Å²) < 4.78 is 5.77. The Morgan fingerprint density at radius 1 is 1.20 bits per heavy atom. The highest BCUT2D eigenvalue weighted by Crippen LogP contribution is 2.25. The van der Waals surface area contributed by atoms with Crippen LogP contribution in [-0.4, -0.2) is 25.3 Å². The Bertz CT molecular complexity index is 181. The maximum Gasteiger partial charge on any atom is 0.0779 e. The second kappa shape index (κ2) is 5.31. The molecule has 1 saturated heterocycles. The van der Waals surface area contributed by atoms with Crippen LogP contribution in [0.5, 0.6) is 0 Å². The third-order valence-corrected chi connectivity index (χ3v) is 3.96. The molecule has 2 aliphatic rings. The van der Waals surface area contributed by atoms with Gasteiger partial charge in [0, 0.05) is 13.2 Å². The minimum atomic E-state index is 0.134. The van der Waals surface area contributed by atoms with Crippen molar-refractivity contribution in [2.24, 2.45) is 5.92 Å². The second-order valence-corrected chi connectivity index (χ2v) is 5.54. The van der Waals surface area contributed by atoms with Crippen molar-refractivity contribution in [3.05, 3.63) is 0 Å². The summed E-state index contributed by atoms with van der Waals surface area (Å²) in [5.41, 5.74) is 0.134. The predicted molar refractivity (Wildman–Crippen MR) is 63.0 cm³/mol. The maximum absolute atomic E-state index is 5.77. The Labute approximate surface area is 93.8 Å². The first kappa shape index (κ1) is 11.4. The van der Waals surface area contributed by atoms with Gasteiger partial charge >= 0.3 is 0 Å². The average molecular weight is 211 g/mol. The van der Waals surface area contributed by atoms with Crippen LogP contribution < -0.4 is 5.32 Å². The fourth-order valence-corrected chi connectivity index (χ4v) is 2.91. The lowest BCUT2D eigenvalue weighted by atomic mass is 9.89. The van der Waals surface area contributed by atoms with Gasteiger partial charge in [0.25, 0.3) is 0 Å². The second-order valence-electron chi connectivity index (χ2n) is 5.54. The Balaban J connectivity index is 1.61. The molecule has 1 heterocycles. The van der Waals surface area contributed by atoms with E-state index in [0.29, 0.717) is 0 Å². The topological polar surface area (TPSA) is 21.3 Å². The number of hydrogen-bond acceptors (Lipinski definition) is 2. The molecule has 0 aromatic heterocycles. The van der Waals surface area contributed by atoms with Crippen LogP contribution in [0, 0.1) is 5.92 Å². The molecule has 2 rings (SSSR count). The first-order valence-corrected chi connectivity index (χ1v) is 6.63. The SMILES string of the molecule is CC1(CNCC2CCCCC2)CCCO1. The van der Waals surface area contributed by atoms with Crippen molar-refractivity contribution in [3.8, 4) is 0 Å². The van der Waals surface area contributed by atoms with E-state index in [2.05, 4.69) is 12.2 Å². The monoisotopic (exact) mass is 211 g/mol. The van der Waals surface area contributed by atoms with Gasteiger partial charge in [0.2, 0.25) is 0 Å². The summed E-state index contributed by atoms with van der Waals surface area (Å²) in [6, 6.07) is 0. The molecule has 0 amide bonds. The van der Waals surface area contributed by atoms with Gasteiger partial charge in [-0.1, -0.05) is 19.3 Å². The normalized spacial score (nSPS) is 33.4. The third-order valence-electron chi connectivity index (χ3n) is 3.96. The van der Waals surface area contributed by atoms with Crippen LogP contribution in [0.25, 0.3) is 0 Å². The van der Waals surface area contributed by atoms with Crippen molar-refractivity contribution < 1.29 is 4.74 Å². The molecule has 2 nitrogen and oxygen atoms in total. The van der Waals surface area contributed by atoms with Crippen molar-refractivity contribution in [1.82, 2.24) is 5.32 Å². The van der Waals surface area contributed by atoms with Crippen LogP contribution in [0.4, 0.5) is 0 Å². The highest BCUT2D eigenvalue weighted by atomic mass is 16.5. The molecule has 1 saturated carbocycles. The summed E-state index contributed by atoms with van der Waals surface area (Å²) in [4.78, 5) is 0. The summed E-state index contributed by atoms with van der Waals surface area (Å²) in [5, 5.41) is 3.61. The van der Waals surface area contributed by atoms with Crippen molar-refractivity contribution in [1.29, 1.82) is 0 Å². The number of nitrogens with one attached hydrogen (secondary N) is 1. The molecule has 15 heavy (non-hydrogen) atoms. The fraction of sp³-hybridized carbons (Fsp3) is 1.00. The smallest absolute Gasteiger partial charge is 0.0779 e. The van der Waals surface area contributed by atoms with E-state index in [9.17, 15) is 0 Å². The molecule has 88 valence electrons. The van der Waals surface area contributed by atoms with Gasteiger partial charge in [0.05, 0.1) is 5.60 Å². The molecule has 0 bridgehead atoms. The lowest BCUT2D eigenvalue weighted by Gasteiger charge is -2.27. The van der Waals surface area contributed by atoms with Crippen molar-refractivity contribution in [3.63, 3.8) is 0 Å².